The SMILES string of the molecule is O=C(c1ccc(Cl)cc1)N1CC(C(=O)N2CCc3ccccc3C2)C(c2cccc(C(F)(F)F)c2)C1. The molecule has 36 heavy (non-hydrogen) atoms. The molecule has 0 N–H and O–H groups in total. The third-order valence-corrected chi connectivity index (χ3v) is 7.35. The second-order valence-corrected chi connectivity index (χ2v) is 9.77. The summed E-state index contributed by atoms with van der Waals surface area (Å²) in [6, 6.07) is 19.5. The highest BCUT2D eigenvalue weighted by atomic mass is 35.5. The number of halogens is 4. The van der Waals surface area contributed by atoms with Gasteiger partial charge >= 0.3 is 6.18 Å². The number of fused-ring (bicyclic) bond motifs is 1. The molecule has 4 nitrogen and oxygen atoms in total. The van der Waals surface area contributed by atoms with E-state index in [1.165, 1.54) is 11.6 Å². The summed E-state index contributed by atoms with van der Waals surface area (Å²) in [5.41, 5.74) is 2.33. The molecule has 0 aliphatic carbocycles. The van der Waals surface area contributed by atoms with Gasteiger partial charge in [0.05, 0.1) is 11.5 Å². The monoisotopic (exact) mass is 512 g/mol. The molecule has 3 aromatic carbocycles. The summed E-state index contributed by atoms with van der Waals surface area (Å²) in [5.74, 6) is -1.61. The first-order valence-electron chi connectivity index (χ1n) is 11.8. The van der Waals surface area contributed by atoms with Crippen molar-refractivity contribution < 1.29 is 22.8 Å². The molecule has 1 fully saturated rings. The van der Waals surface area contributed by atoms with E-state index in [0.29, 0.717) is 29.2 Å². The highest BCUT2D eigenvalue weighted by molar-refractivity contribution is 6.30. The normalized spacial score (nSPS) is 19.8. The molecule has 0 spiro atoms. The first kappa shape index (κ1) is 24.4. The van der Waals surface area contributed by atoms with Crippen molar-refractivity contribution in [3.63, 3.8) is 0 Å². The van der Waals surface area contributed by atoms with Crippen LogP contribution in [0.15, 0.2) is 72.8 Å². The fourth-order valence-electron chi connectivity index (χ4n) is 5.20. The van der Waals surface area contributed by atoms with Crippen molar-refractivity contribution in [3.8, 4) is 0 Å². The molecule has 186 valence electrons. The van der Waals surface area contributed by atoms with Crippen molar-refractivity contribution >= 4 is 23.4 Å². The van der Waals surface area contributed by atoms with Gasteiger partial charge < -0.3 is 9.80 Å². The van der Waals surface area contributed by atoms with Gasteiger partial charge in [0, 0.05) is 42.7 Å². The van der Waals surface area contributed by atoms with Crippen LogP contribution in [0.1, 0.15) is 38.5 Å². The molecule has 8 heteroatoms. The molecule has 3 aromatic rings. The second kappa shape index (κ2) is 9.62. The van der Waals surface area contributed by atoms with Gasteiger partial charge in [-0.1, -0.05) is 54.1 Å². The lowest BCUT2D eigenvalue weighted by Crippen LogP contribution is -2.42. The van der Waals surface area contributed by atoms with E-state index in [2.05, 4.69) is 0 Å². The molecule has 5 rings (SSSR count). The average Bonchev–Trinajstić information content (AvgIpc) is 3.33. The predicted molar refractivity (Wildman–Crippen MR) is 131 cm³/mol. The highest BCUT2D eigenvalue weighted by Gasteiger charge is 2.43. The van der Waals surface area contributed by atoms with Crippen LogP contribution in [-0.4, -0.2) is 41.2 Å². The van der Waals surface area contributed by atoms with Gasteiger partial charge in [-0.05, 0) is 53.4 Å². The van der Waals surface area contributed by atoms with Gasteiger partial charge in [-0.3, -0.25) is 9.59 Å². The van der Waals surface area contributed by atoms with E-state index in [0.717, 1.165) is 24.1 Å². The van der Waals surface area contributed by atoms with Gasteiger partial charge in [0.1, 0.15) is 0 Å². The largest absolute Gasteiger partial charge is 0.416 e. The molecule has 2 atom stereocenters. The molecule has 0 saturated carbocycles. The van der Waals surface area contributed by atoms with E-state index < -0.39 is 23.6 Å². The summed E-state index contributed by atoms with van der Waals surface area (Å²) >= 11 is 5.95. The smallest absolute Gasteiger partial charge is 0.338 e. The first-order valence-corrected chi connectivity index (χ1v) is 12.2. The minimum absolute atomic E-state index is 0.138. The minimum Gasteiger partial charge on any atom is -0.338 e. The Labute approximate surface area is 212 Å². The number of nitrogens with zero attached hydrogens (tertiary/aromatic N) is 2. The molecule has 2 unspecified atom stereocenters. The molecule has 2 aliphatic rings. The lowest BCUT2D eigenvalue weighted by molar-refractivity contribution is -0.137. The first-order chi connectivity index (χ1) is 17.2. The van der Waals surface area contributed by atoms with Crippen molar-refractivity contribution in [2.24, 2.45) is 5.92 Å². The van der Waals surface area contributed by atoms with Crippen LogP contribution in [0.5, 0.6) is 0 Å². The lowest BCUT2D eigenvalue weighted by Gasteiger charge is -2.32. The zero-order chi connectivity index (χ0) is 25.4. The number of hydrogen-bond donors (Lipinski definition) is 0. The Hall–Kier alpha value is -3.32. The van der Waals surface area contributed by atoms with Gasteiger partial charge in [0.15, 0.2) is 0 Å². The number of alkyl halides is 3. The summed E-state index contributed by atoms with van der Waals surface area (Å²) in [7, 11) is 0. The van der Waals surface area contributed by atoms with Crippen molar-refractivity contribution in [2.75, 3.05) is 19.6 Å². The van der Waals surface area contributed by atoms with Gasteiger partial charge in [0.2, 0.25) is 5.91 Å². The predicted octanol–water partition coefficient (Wildman–Crippen LogP) is 5.80. The topological polar surface area (TPSA) is 40.6 Å². The average molecular weight is 513 g/mol. The highest BCUT2D eigenvalue weighted by Crippen LogP contribution is 2.38. The Morgan fingerprint density at radius 3 is 2.31 bits per heavy atom. The Morgan fingerprint density at radius 1 is 0.861 bits per heavy atom. The molecule has 1 saturated heterocycles. The molecular formula is C28H24ClF3N2O2. The summed E-state index contributed by atoms with van der Waals surface area (Å²) < 4.78 is 40.4. The zero-order valence-corrected chi connectivity index (χ0v) is 20.1. The summed E-state index contributed by atoms with van der Waals surface area (Å²) in [6.45, 7) is 1.28. The maximum absolute atomic E-state index is 13.8. The third-order valence-electron chi connectivity index (χ3n) is 7.10. The lowest BCUT2D eigenvalue weighted by atomic mass is 9.86. The standard InChI is InChI=1S/C28H24ClF3N2O2/c29-23-10-8-19(9-11-23)26(35)34-16-24(20-6-3-7-22(14-20)28(30,31)32)25(17-34)27(36)33-13-12-18-4-1-2-5-21(18)15-33/h1-11,14,24-25H,12-13,15-17H2. The van der Waals surface area contributed by atoms with E-state index in [1.807, 2.05) is 24.3 Å². The Bertz CT molecular complexity index is 1290. The van der Waals surface area contributed by atoms with Gasteiger partial charge in [0.25, 0.3) is 5.91 Å². The third kappa shape index (κ3) is 4.85. The van der Waals surface area contributed by atoms with E-state index >= 15 is 0 Å². The Morgan fingerprint density at radius 2 is 1.58 bits per heavy atom. The van der Waals surface area contributed by atoms with Crippen LogP contribution in [0.3, 0.4) is 0 Å². The van der Waals surface area contributed by atoms with Crippen molar-refractivity contribution in [3.05, 3.63) is 106 Å². The van der Waals surface area contributed by atoms with E-state index in [1.54, 1.807) is 40.1 Å². The van der Waals surface area contributed by atoms with Crippen LogP contribution in [-0.2, 0) is 23.9 Å². The van der Waals surface area contributed by atoms with E-state index in [-0.39, 0.29) is 24.9 Å². The van der Waals surface area contributed by atoms with E-state index in [9.17, 15) is 22.8 Å². The van der Waals surface area contributed by atoms with Crippen molar-refractivity contribution in [1.82, 2.24) is 9.80 Å². The quantitative estimate of drug-likeness (QED) is 0.445. The number of carbonyl (C=O) groups is 2. The number of benzene rings is 3. The number of hydrogen-bond acceptors (Lipinski definition) is 2. The fourth-order valence-corrected chi connectivity index (χ4v) is 5.32. The van der Waals surface area contributed by atoms with Crippen LogP contribution in [0.2, 0.25) is 5.02 Å². The van der Waals surface area contributed by atoms with Gasteiger partial charge in [-0.25, -0.2) is 0 Å². The number of likely N-dealkylation sites (tertiary alicyclic amines) is 1. The zero-order valence-electron chi connectivity index (χ0n) is 19.3. The Balaban J connectivity index is 1.45. The molecule has 2 aliphatic heterocycles. The summed E-state index contributed by atoms with van der Waals surface area (Å²) in [6.07, 6.45) is -3.78. The van der Waals surface area contributed by atoms with Crippen LogP contribution >= 0.6 is 11.6 Å². The maximum Gasteiger partial charge on any atom is 0.416 e. The number of amides is 2. The van der Waals surface area contributed by atoms with Gasteiger partial charge in [-0.2, -0.15) is 13.2 Å². The number of carbonyl (C=O) groups excluding carboxylic acids is 2. The molecule has 0 radical (unpaired) electrons. The van der Waals surface area contributed by atoms with Crippen LogP contribution in [0, 0.1) is 5.92 Å². The van der Waals surface area contributed by atoms with Crippen molar-refractivity contribution in [2.45, 2.75) is 25.1 Å². The Kier molecular flexibility index (Phi) is 6.51. The number of rotatable bonds is 3. The van der Waals surface area contributed by atoms with Gasteiger partial charge in [-0.15, -0.1) is 0 Å². The minimum atomic E-state index is -4.50. The molecule has 2 amide bonds. The second-order valence-electron chi connectivity index (χ2n) is 9.33. The molecule has 2 heterocycles. The summed E-state index contributed by atoms with van der Waals surface area (Å²) in [4.78, 5) is 30.4. The van der Waals surface area contributed by atoms with Crippen LogP contribution in [0.4, 0.5) is 13.2 Å². The fraction of sp³-hybridized carbons (Fsp3) is 0.286. The molecule has 0 bridgehead atoms. The van der Waals surface area contributed by atoms with E-state index in [4.69, 9.17) is 11.6 Å². The van der Waals surface area contributed by atoms with Crippen LogP contribution in [0.25, 0.3) is 0 Å². The summed E-state index contributed by atoms with van der Waals surface area (Å²) in [5, 5.41) is 0.494. The van der Waals surface area contributed by atoms with Crippen molar-refractivity contribution in [1.29, 1.82) is 0 Å². The molecular weight excluding hydrogens is 489 g/mol. The maximum atomic E-state index is 13.8. The molecule has 0 aromatic heterocycles. The van der Waals surface area contributed by atoms with Crippen LogP contribution < -0.4 is 0 Å².